The standard InChI is InChI=1S/C15H14BrN3O3S/c16-11-2-4-12(5-3-11)23-8-7-18-15(20)10-1-6-13(17)14(9-10)19(21)22/h1-6,9H,7-8,17H2,(H,18,20). The number of halogens is 1. The maximum absolute atomic E-state index is 12.0. The topological polar surface area (TPSA) is 98.3 Å². The number of nitro groups is 1. The first-order chi connectivity index (χ1) is 11.0. The number of nitro benzene ring substituents is 1. The number of nitrogens with one attached hydrogen (secondary N) is 1. The summed E-state index contributed by atoms with van der Waals surface area (Å²) in [6.45, 7) is 0.456. The van der Waals surface area contributed by atoms with E-state index in [1.165, 1.54) is 18.2 Å². The zero-order valence-corrected chi connectivity index (χ0v) is 14.4. The fourth-order valence-electron chi connectivity index (χ4n) is 1.81. The van der Waals surface area contributed by atoms with Crippen LogP contribution in [-0.4, -0.2) is 23.1 Å². The molecule has 2 aromatic rings. The number of anilines is 1. The van der Waals surface area contributed by atoms with E-state index in [1.54, 1.807) is 11.8 Å². The number of nitrogens with zero attached hydrogens (tertiary/aromatic N) is 1. The van der Waals surface area contributed by atoms with Gasteiger partial charge in [0.2, 0.25) is 0 Å². The van der Waals surface area contributed by atoms with E-state index in [0.717, 1.165) is 9.37 Å². The van der Waals surface area contributed by atoms with Gasteiger partial charge in [-0.2, -0.15) is 0 Å². The number of hydrogen-bond acceptors (Lipinski definition) is 5. The molecule has 0 saturated carbocycles. The van der Waals surface area contributed by atoms with Gasteiger partial charge in [-0.05, 0) is 36.4 Å². The van der Waals surface area contributed by atoms with Gasteiger partial charge >= 0.3 is 0 Å². The van der Waals surface area contributed by atoms with Crippen LogP contribution >= 0.6 is 27.7 Å². The lowest BCUT2D eigenvalue weighted by Crippen LogP contribution is -2.25. The summed E-state index contributed by atoms with van der Waals surface area (Å²) < 4.78 is 1.01. The van der Waals surface area contributed by atoms with Crippen molar-refractivity contribution < 1.29 is 9.72 Å². The second-order valence-corrected chi connectivity index (χ2v) is 6.67. The minimum Gasteiger partial charge on any atom is -0.393 e. The lowest BCUT2D eigenvalue weighted by Gasteiger charge is -2.06. The van der Waals surface area contributed by atoms with Crippen LogP contribution < -0.4 is 11.1 Å². The summed E-state index contributed by atoms with van der Waals surface area (Å²) in [4.78, 5) is 23.3. The molecule has 2 rings (SSSR count). The highest BCUT2D eigenvalue weighted by Crippen LogP contribution is 2.22. The molecule has 0 radical (unpaired) electrons. The smallest absolute Gasteiger partial charge is 0.292 e. The van der Waals surface area contributed by atoms with Gasteiger partial charge in [0.15, 0.2) is 0 Å². The van der Waals surface area contributed by atoms with Crippen LogP contribution in [0.5, 0.6) is 0 Å². The summed E-state index contributed by atoms with van der Waals surface area (Å²) in [5, 5.41) is 13.6. The van der Waals surface area contributed by atoms with Gasteiger partial charge in [-0.15, -0.1) is 11.8 Å². The van der Waals surface area contributed by atoms with Crippen LogP contribution in [0.15, 0.2) is 51.8 Å². The van der Waals surface area contributed by atoms with Gasteiger partial charge in [0, 0.05) is 33.3 Å². The summed E-state index contributed by atoms with van der Waals surface area (Å²) in [7, 11) is 0. The Morgan fingerprint density at radius 1 is 1.26 bits per heavy atom. The van der Waals surface area contributed by atoms with Crippen molar-refractivity contribution in [2.24, 2.45) is 0 Å². The van der Waals surface area contributed by atoms with Crippen LogP contribution in [0.2, 0.25) is 0 Å². The van der Waals surface area contributed by atoms with Crippen LogP contribution in [0.4, 0.5) is 11.4 Å². The normalized spacial score (nSPS) is 10.3. The number of amides is 1. The molecule has 0 aromatic heterocycles. The molecule has 1 amide bonds. The minimum absolute atomic E-state index is 0.0392. The Labute approximate surface area is 145 Å². The number of nitrogens with two attached hydrogens (primary N) is 1. The zero-order valence-electron chi connectivity index (χ0n) is 12.0. The summed E-state index contributed by atoms with van der Waals surface area (Å²) >= 11 is 4.98. The van der Waals surface area contributed by atoms with Crippen molar-refractivity contribution in [3.05, 3.63) is 62.6 Å². The van der Waals surface area contributed by atoms with E-state index in [2.05, 4.69) is 21.2 Å². The SMILES string of the molecule is Nc1ccc(C(=O)NCCSc2ccc(Br)cc2)cc1[N+](=O)[O-]. The van der Waals surface area contributed by atoms with Gasteiger partial charge in [0.05, 0.1) is 4.92 Å². The molecule has 0 aliphatic carbocycles. The van der Waals surface area contributed by atoms with Gasteiger partial charge in [0.25, 0.3) is 11.6 Å². The van der Waals surface area contributed by atoms with E-state index in [-0.39, 0.29) is 22.8 Å². The molecule has 0 fully saturated rings. The van der Waals surface area contributed by atoms with Crippen molar-refractivity contribution in [2.45, 2.75) is 4.90 Å². The Balaban J connectivity index is 1.86. The summed E-state index contributed by atoms with van der Waals surface area (Å²) in [5.41, 5.74) is 5.51. The van der Waals surface area contributed by atoms with E-state index in [0.29, 0.717) is 12.3 Å². The average molecular weight is 396 g/mol. The molecule has 3 N–H and O–H groups in total. The molecule has 8 heteroatoms. The van der Waals surface area contributed by atoms with Gasteiger partial charge in [0.1, 0.15) is 5.69 Å². The third-order valence-corrected chi connectivity index (χ3v) is 4.50. The molecule has 0 heterocycles. The fourth-order valence-corrected chi connectivity index (χ4v) is 2.84. The predicted molar refractivity (Wildman–Crippen MR) is 94.7 cm³/mol. The lowest BCUT2D eigenvalue weighted by molar-refractivity contribution is -0.383. The highest BCUT2D eigenvalue weighted by Gasteiger charge is 2.15. The van der Waals surface area contributed by atoms with Crippen molar-refractivity contribution in [3.63, 3.8) is 0 Å². The number of thioether (sulfide) groups is 1. The van der Waals surface area contributed by atoms with E-state index < -0.39 is 4.92 Å². The second-order valence-electron chi connectivity index (χ2n) is 4.59. The third-order valence-electron chi connectivity index (χ3n) is 2.96. The number of hydrogen-bond donors (Lipinski definition) is 2. The Morgan fingerprint density at radius 3 is 2.61 bits per heavy atom. The predicted octanol–water partition coefficient (Wildman–Crippen LogP) is 3.46. The maximum atomic E-state index is 12.0. The molecule has 0 spiro atoms. The number of rotatable bonds is 6. The molecule has 2 aromatic carbocycles. The summed E-state index contributed by atoms with van der Waals surface area (Å²) in [6, 6.07) is 11.9. The van der Waals surface area contributed by atoms with Gasteiger partial charge in [-0.25, -0.2) is 0 Å². The van der Waals surface area contributed by atoms with Crippen LogP contribution in [0.25, 0.3) is 0 Å². The van der Waals surface area contributed by atoms with Crippen LogP contribution in [0.3, 0.4) is 0 Å². The molecular formula is C15H14BrN3O3S. The minimum atomic E-state index is -0.602. The van der Waals surface area contributed by atoms with E-state index in [1.807, 2.05) is 24.3 Å². The molecule has 0 bridgehead atoms. The lowest BCUT2D eigenvalue weighted by atomic mass is 10.1. The Hall–Kier alpha value is -2.06. The van der Waals surface area contributed by atoms with Crippen molar-refractivity contribution >= 4 is 45.0 Å². The van der Waals surface area contributed by atoms with Crippen molar-refractivity contribution in [2.75, 3.05) is 18.0 Å². The molecule has 0 saturated heterocycles. The largest absolute Gasteiger partial charge is 0.393 e. The molecule has 0 unspecified atom stereocenters. The van der Waals surface area contributed by atoms with E-state index in [9.17, 15) is 14.9 Å². The van der Waals surface area contributed by atoms with E-state index >= 15 is 0 Å². The maximum Gasteiger partial charge on any atom is 0.292 e. The highest BCUT2D eigenvalue weighted by atomic mass is 79.9. The first-order valence-corrected chi connectivity index (χ1v) is 8.45. The molecular weight excluding hydrogens is 382 g/mol. The van der Waals surface area contributed by atoms with Crippen molar-refractivity contribution in [1.29, 1.82) is 0 Å². The van der Waals surface area contributed by atoms with E-state index in [4.69, 9.17) is 5.73 Å². The van der Waals surface area contributed by atoms with Crippen molar-refractivity contribution in [3.8, 4) is 0 Å². The summed E-state index contributed by atoms with van der Waals surface area (Å²) in [6.07, 6.45) is 0. The molecule has 120 valence electrons. The highest BCUT2D eigenvalue weighted by molar-refractivity contribution is 9.10. The monoisotopic (exact) mass is 395 g/mol. The van der Waals surface area contributed by atoms with Gasteiger partial charge in [-0.1, -0.05) is 15.9 Å². The number of nitrogen functional groups attached to an aromatic ring is 1. The molecule has 0 atom stereocenters. The Kier molecular flexibility index (Phi) is 6.00. The Morgan fingerprint density at radius 2 is 1.96 bits per heavy atom. The molecule has 23 heavy (non-hydrogen) atoms. The van der Waals surface area contributed by atoms with Crippen LogP contribution in [-0.2, 0) is 0 Å². The van der Waals surface area contributed by atoms with Crippen molar-refractivity contribution in [1.82, 2.24) is 5.32 Å². The second kappa shape index (κ2) is 7.98. The molecule has 0 aliphatic rings. The fraction of sp³-hybridized carbons (Fsp3) is 0.133. The quantitative estimate of drug-likeness (QED) is 0.256. The molecule has 0 aliphatic heterocycles. The summed E-state index contributed by atoms with van der Waals surface area (Å²) in [5.74, 6) is 0.342. The van der Waals surface area contributed by atoms with Crippen LogP contribution in [0, 0.1) is 10.1 Å². The first kappa shape index (κ1) is 17.3. The first-order valence-electron chi connectivity index (χ1n) is 6.68. The average Bonchev–Trinajstić information content (AvgIpc) is 2.53. The Bertz CT molecular complexity index is 722. The van der Waals surface area contributed by atoms with Gasteiger partial charge < -0.3 is 11.1 Å². The number of carbonyl (C=O) groups excluding carboxylic acids is 1. The molecule has 6 nitrogen and oxygen atoms in total. The van der Waals surface area contributed by atoms with Crippen LogP contribution in [0.1, 0.15) is 10.4 Å². The third kappa shape index (κ3) is 4.97. The number of benzene rings is 2. The van der Waals surface area contributed by atoms with Gasteiger partial charge in [-0.3, -0.25) is 14.9 Å². The zero-order chi connectivity index (χ0) is 16.8. The number of carbonyl (C=O) groups is 1.